The van der Waals surface area contributed by atoms with E-state index < -0.39 is 0 Å². The highest BCUT2D eigenvalue weighted by molar-refractivity contribution is 5.93. The standard InChI is InChI=1S/C20H26N4O/c25-20(23-12-10-22(11-13-23)19-8-4-5-9-19)18-14-21-24(16-18)15-17-6-2-1-3-7-17/h1-3,6-7,14,16,19H,4-5,8-13,15H2. The van der Waals surface area contributed by atoms with Crippen LogP contribution in [0.1, 0.15) is 41.6 Å². The summed E-state index contributed by atoms with van der Waals surface area (Å²) in [5.41, 5.74) is 1.89. The van der Waals surface area contributed by atoms with Gasteiger partial charge in [0.15, 0.2) is 0 Å². The maximum atomic E-state index is 12.7. The molecule has 1 aromatic heterocycles. The molecule has 132 valence electrons. The molecule has 0 N–H and O–H groups in total. The Morgan fingerprint density at radius 1 is 1.04 bits per heavy atom. The fourth-order valence-corrected chi connectivity index (χ4v) is 4.07. The normalized spacial score (nSPS) is 19.4. The molecule has 5 nitrogen and oxygen atoms in total. The van der Waals surface area contributed by atoms with Crippen LogP contribution in [-0.2, 0) is 6.54 Å². The number of amides is 1. The van der Waals surface area contributed by atoms with Gasteiger partial charge >= 0.3 is 0 Å². The van der Waals surface area contributed by atoms with Gasteiger partial charge in [0.1, 0.15) is 0 Å². The number of rotatable bonds is 4. The third-order valence-electron chi connectivity index (χ3n) is 5.51. The molecule has 4 rings (SSSR count). The molecule has 0 bridgehead atoms. The molecule has 2 fully saturated rings. The van der Waals surface area contributed by atoms with Crippen LogP contribution in [0.4, 0.5) is 0 Å². The van der Waals surface area contributed by atoms with E-state index in [0.717, 1.165) is 32.2 Å². The van der Waals surface area contributed by atoms with Crippen molar-refractivity contribution in [3.8, 4) is 0 Å². The second-order valence-electron chi connectivity index (χ2n) is 7.18. The summed E-state index contributed by atoms with van der Waals surface area (Å²) in [6, 6.07) is 11.0. The molecule has 2 aliphatic rings. The second kappa shape index (κ2) is 7.40. The highest BCUT2D eigenvalue weighted by atomic mass is 16.2. The lowest BCUT2D eigenvalue weighted by Crippen LogP contribution is -2.51. The average molecular weight is 338 g/mol. The van der Waals surface area contributed by atoms with Crippen LogP contribution in [0.15, 0.2) is 42.7 Å². The minimum atomic E-state index is 0.116. The summed E-state index contributed by atoms with van der Waals surface area (Å²) in [4.78, 5) is 17.3. The molecular formula is C20H26N4O. The van der Waals surface area contributed by atoms with Crippen molar-refractivity contribution in [2.45, 2.75) is 38.3 Å². The summed E-state index contributed by atoms with van der Waals surface area (Å²) in [6.07, 6.45) is 8.97. The van der Waals surface area contributed by atoms with Crippen molar-refractivity contribution >= 4 is 5.91 Å². The lowest BCUT2D eigenvalue weighted by molar-refractivity contribution is 0.0573. The lowest BCUT2D eigenvalue weighted by Gasteiger charge is -2.37. The van der Waals surface area contributed by atoms with Gasteiger partial charge in [-0.3, -0.25) is 14.4 Å². The highest BCUT2D eigenvalue weighted by Crippen LogP contribution is 2.24. The van der Waals surface area contributed by atoms with E-state index in [1.165, 1.54) is 31.2 Å². The average Bonchev–Trinajstić information content (AvgIpc) is 3.34. The molecule has 1 saturated heterocycles. The van der Waals surface area contributed by atoms with Crippen molar-refractivity contribution < 1.29 is 4.79 Å². The summed E-state index contributed by atoms with van der Waals surface area (Å²) < 4.78 is 1.84. The van der Waals surface area contributed by atoms with Crippen LogP contribution in [0.5, 0.6) is 0 Å². The Balaban J connectivity index is 1.34. The summed E-state index contributed by atoms with van der Waals surface area (Å²) in [5.74, 6) is 0.116. The molecule has 0 radical (unpaired) electrons. The minimum absolute atomic E-state index is 0.116. The van der Waals surface area contributed by atoms with Crippen molar-refractivity contribution in [2.75, 3.05) is 26.2 Å². The Morgan fingerprint density at radius 2 is 1.76 bits per heavy atom. The van der Waals surface area contributed by atoms with Gasteiger partial charge in [0, 0.05) is 38.4 Å². The Labute approximate surface area is 149 Å². The minimum Gasteiger partial charge on any atom is -0.336 e. The molecule has 0 spiro atoms. The molecule has 0 atom stereocenters. The van der Waals surface area contributed by atoms with E-state index in [0.29, 0.717) is 12.1 Å². The van der Waals surface area contributed by atoms with E-state index in [2.05, 4.69) is 22.1 Å². The predicted octanol–water partition coefficient (Wildman–Crippen LogP) is 2.63. The van der Waals surface area contributed by atoms with E-state index in [1.807, 2.05) is 34.0 Å². The smallest absolute Gasteiger partial charge is 0.257 e. The number of carbonyl (C=O) groups is 1. The molecule has 5 heteroatoms. The molecular weight excluding hydrogens is 312 g/mol. The molecule has 1 amide bonds. The molecule has 25 heavy (non-hydrogen) atoms. The molecule has 0 unspecified atom stereocenters. The zero-order chi connectivity index (χ0) is 17.1. The molecule has 1 aliphatic carbocycles. The van der Waals surface area contributed by atoms with Gasteiger partial charge in [-0.15, -0.1) is 0 Å². The first-order valence-corrected chi connectivity index (χ1v) is 9.39. The summed E-state index contributed by atoms with van der Waals surface area (Å²) in [7, 11) is 0. The van der Waals surface area contributed by atoms with Crippen LogP contribution < -0.4 is 0 Å². The van der Waals surface area contributed by atoms with Crippen molar-refractivity contribution in [2.24, 2.45) is 0 Å². The number of piperazine rings is 1. The number of hydrogen-bond donors (Lipinski definition) is 0. The Kier molecular flexibility index (Phi) is 4.83. The fraction of sp³-hybridized carbons (Fsp3) is 0.500. The van der Waals surface area contributed by atoms with Crippen molar-refractivity contribution in [1.29, 1.82) is 0 Å². The van der Waals surface area contributed by atoms with Gasteiger partial charge in [-0.2, -0.15) is 5.10 Å². The summed E-state index contributed by atoms with van der Waals surface area (Å²) >= 11 is 0. The van der Waals surface area contributed by atoms with Crippen molar-refractivity contribution in [3.63, 3.8) is 0 Å². The van der Waals surface area contributed by atoms with Crippen LogP contribution >= 0.6 is 0 Å². The quantitative estimate of drug-likeness (QED) is 0.860. The topological polar surface area (TPSA) is 41.4 Å². The molecule has 1 aromatic carbocycles. The number of hydrogen-bond acceptors (Lipinski definition) is 3. The van der Waals surface area contributed by atoms with Gasteiger partial charge in [0.05, 0.1) is 18.3 Å². The largest absolute Gasteiger partial charge is 0.336 e. The third-order valence-corrected chi connectivity index (χ3v) is 5.51. The van der Waals surface area contributed by atoms with E-state index in [4.69, 9.17) is 0 Å². The Morgan fingerprint density at radius 3 is 2.48 bits per heavy atom. The van der Waals surface area contributed by atoms with Crippen molar-refractivity contribution in [1.82, 2.24) is 19.6 Å². The van der Waals surface area contributed by atoms with Crippen LogP contribution in [0, 0.1) is 0 Å². The molecule has 1 aliphatic heterocycles. The van der Waals surface area contributed by atoms with Gasteiger partial charge in [-0.25, -0.2) is 0 Å². The van der Waals surface area contributed by atoms with Gasteiger partial charge in [0.25, 0.3) is 5.91 Å². The van der Waals surface area contributed by atoms with E-state index >= 15 is 0 Å². The SMILES string of the molecule is O=C(c1cnn(Cc2ccccc2)c1)N1CCN(C2CCCC2)CC1. The molecule has 2 aromatic rings. The zero-order valence-corrected chi connectivity index (χ0v) is 14.7. The van der Waals surface area contributed by atoms with Gasteiger partial charge in [-0.1, -0.05) is 43.2 Å². The maximum absolute atomic E-state index is 12.7. The van der Waals surface area contributed by atoms with Crippen LogP contribution in [0.2, 0.25) is 0 Å². The predicted molar refractivity (Wildman–Crippen MR) is 97.5 cm³/mol. The lowest BCUT2D eigenvalue weighted by atomic mass is 10.1. The van der Waals surface area contributed by atoms with Gasteiger partial charge < -0.3 is 4.90 Å². The van der Waals surface area contributed by atoms with Crippen molar-refractivity contribution in [3.05, 3.63) is 53.9 Å². The van der Waals surface area contributed by atoms with Crippen LogP contribution in [-0.4, -0.2) is 57.7 Å². The third kappa shape index (κ3) is 3.76. The second-order valence-corrected chi connectivity index (χ2v) is 7.18. The number of aromatic nitrogens is 2. The number of carbonyl (C=O) groups excluding carboxylic acids is 1. The van der Waals surface area contributed by atoms with E-state index in [9.17, 15) is 4.79 Å². The summed E-state index contributed by atoms with van der Waals surface area (Å²) in [6.45, 7) is 4.38. The Bertz CT molecular complexity index is 697. The molecule has 1 saturated carbocycles. The van der Waals surface area contributed by atoms with Gasteiger partial charge in [-0.05, 0) is 18.4 Å². The van der Waals surface area contributed by atoms with E-state index in [1.54, 1.807) is 6.20 Å². The zero-order valence-electron chi connectivity index (χ0n) is 14.7. The first kappa shape index (κ1) is 16.3. The Hall–Kier alpha value is -2.14. The van der Waals surface area contributed by atoms with Crippen LogP contribution in [0.3, 0.4) is 0 Å². The first-order chi connectivity index (χ1) is 12.3. The maximum Gasteiger partial charge on any atom is 0.257 e. The number of benzene rings is 1. The summed E-state index contributed by atoms with van der Waals surface area (Å²) in [5, 5.41) is 4.36. The highest BCUT2D eigenvalue weighted by Gasteiger charge is 2.28. The molecule has 2 heterocycles. The number of nitrogens with zero attached hydrogens (tertiary/aromatic N) is 4. The van der Waals surface area contributed by atoms with Gasteiger partial charge in [0.2, 0.25) is 0 Å². The van der Waals surface area contributed by atoms with Crippen LogP contribution in [0.25, 0.3) is 0 Å². The monoisotopic (exact) mass is 338 g/mol. The van der Waals surface area contributed by atoms with E-state index in [-0.39, 0.29) is 5.91 Å². The fourth-order valence-electron chi connectivity index (χ4n) is 4.07. The first-order valence-electron chi connectivity index (χ1n) is 9.39.